The van der Waals surface area contributed by atoms with Crippen LogP contribution >= 0.6 is 0 Å². The molecule has 4 nitrogen and oxygen atoms in total. The molecule has 0 atom stereocenters. The predicted molar refractivity (Wildman–Crippen MR) is 101 cm³/mol. The van der Waals surface area contributed by atoms with Crippen molar-refractivity contribution in [2.75, 3.05) is 37.7 Å². The topological polar surface area (TPSA) is 41.6 Å². The molecule has 5 heteroatoms. The smallest absolute Gasteiger partial charge is 0.220 e. The number of ether oxygens (including phenoxy) is 1. The minimum Gasteiger partial charge on any atom is -0.378 e. The average Bonchev–Trinajstić information content (AvgIpc) is 2.69. The second kappa shape index (κ2) is 9.34. The van der Waals surface area contributed by atoms with Gasteiger partial charge in [-0.2, -0.15) is 0 Å². The van der Waals surface area contributed by atoms with E-state index in [4.69, 9.17) is 4.74 Å². The second-order valence-electron chi connectivity index (χ2n) is 6.49. The molecular formula is C21H25FN2O2. The van der Waals surface area contributed by atoms with Crippen LogP contribution in [0.4, 0.5) is 10.1 Å². The van der Waals surface area contributed by atoms with Crippen molar-refractivity contribution in [2.45, 2.75) is 19.3 Å². The highest BCUT2D eigenvalue weighted by Crippen LogP contribution is 2.17. The molecule has 1 saturated heterocycles. The summed E-state index contributed by atoms with van der Waals surface area (Å²) in [4.78, 5) is 14.3. The minimum absolute atomic E-state index is 0.0457. The van der Waals surface area contributed by atoms with Crippen molar-refractivity contribution in [3.05, 3.63) is 65.5 Å². The van der Waals surface area contributed by atoms with E-state index in [0.29, 0.717) is 19.4 Å². The monoisotopic (exact) mass is 356 g/mol. The Morgan fingerprint density at radius 3 is 2.27 bits per heavy atom. The summed E-state index contributed by atoms with van der Waals surface area (Å²) in [6.07, 6.45) is 1.91. The molecule has 0 unspecified atom stereocenters. The Balaban J connectivity index is 1.37. The van der Waals surface area contributed by atoms with E-state index in [0.717, 1.165) is 43.9 Å². The number of rotatable bonds is 7. The van der Waals surface area contributed by atoms with E-state index in [1.54, 1.807) is 12.1 Å². The van der Waals surface area contributed by atoms with Crippen molar-refractivity contribution in [1.29, 1.82) is 0 Å². The molecule has 0 aromatic heterocycles. The van der Waals surface area contributed by atoms with E-state index in [1.807, 2.05) is 0 Å². The summed E-state index contributed by atoms with van der Waals surface area (Å²) in [6, 6.07) is 14.8. The lowest BCUT2D eigenvalue weighted by Crippen LogP contribution is -2.36. The molecule has 0 spiro atoms. The van der Waals surface area contributed by atoms with E-state index in [9.17, 15) is 9.18 Å². The van der Waals surface area contributed by atoms with Crippen molar-refractivity contribution in [1.82, 2.24) is 5.32 Å². The van der Waals surface area contributed by atoms with Crippen molar-refractivity contribution in [2.24, 2.45) is 0 Å². The Bertz CT molecular complexity index is 695. The summed E-state index contributed by atoms with van der Waals surface area (Å²) in [6.45, 7) is 3.98. The Morgan fingerprint density at radius 1 is 0.962 bits per heavy atom. The first-order chi connectivity index (χ1) is 12.7. The van der Waals surface area contributed by atoms with Crippen molar-refractivity contribution < 1.29 is 13.9 Å². The van der Waals surface area contributed by atoms with Gasteiger partial charge in [0.15, 0.2) is 0 Å². The van der Waals surface area contributed by atoms with Crippen LogP contribution in [0.2, 0.25) is 0 Å². The summed E-state index contributed by atoms with van der Waals surface area (Å²) in [5.41, 5.74) is 3.39. The maximum Gasteiger partial charge on any atom is 0.220 e. The summed E-state index contributed by atoms with van der Waals surface area (Å²) in [5.74, 6) is -0.193. The maximum atomic E-state index is 12.9. The zero-order chi connectivity index (χ0) is 18.2. The highest BCUT2D eigenvalue weighted by molar-refractivity contribution is 5.76. The minimum atomic E-state index is -0.238. The van der Waals surface area contributed by atoms with Gasteiger partial charge in [0.1, 0.15) is 5.82 Å². The van der Waals surface area contributed by atoms with Gasteiger partial charge in [0.25, 0.3) is 0 Å². The van der Waals surface area contributed by atoms with Crippen LogP contribution in [0.3, 0.4) is 0 Å². The van der Waals surface area contributed by atoms with E-state index in [-0.39, 0.29) is 11.7 Å². The molecule has 0 saturated carbocycles. The normalized spacial score (nSPS) is 14.3. The van der Waals surface area contributed by atoms with Gasteiger partial charge in [-0.1, -0.05) is 24.3 Å². The number of morpholine rings is 1. The lowest BCUT2D eigenvalue weighted by Gasteiger charge is -2.28. The molecule has 0 bridgehead atoms. The molecule has 1 amide bonds. The largest absolute Gasteiger partial charge is 0.378 e. The number of nitrogens with zero attached hydrogens (tertiary/aromatic N) is 1. The van der Waals surface area contributed by atoms with Gasteiger partial charge in [-0.15, -0.1) is 0 Å². The van der Waals surface area contributed by atoms with Gasteiger partial charge >= 0.3 is 0 Å². The van der Waals surface area contributed by atoms with Gasteiger partial charge < -0.3 is 15.0 Å². The fourth-order valence-corrected chi connectivity index (χ4v) is 3.04. The summed E-state index contributed by atoms with van der Waals surface area (Å²) >= 11 is 0. The Morgan fingerprint density at radius 2 is 1.58 bits per heavy atom. The molecule has 2 aromatic carbocycles. The van der Waals surface area contributed by atoms with Crippen LogP contribution in [-0.2, 0) is 22.4 Å². The number of anilines is 1. The molecule has 0 radical (unpaired) electrons. The maximum absolute atomic E-state index is 12.9. The van der Waals surface area contributed by atoms with E-state index in [2.05, 4.69) is 34.5 Å². The number of amides is 1. The molecule has 3 rings (SSSR count). The van der Waals surface area contributed by atoms with Crippen LogP contribution < -0.4 is 10.2 Å². The molecular weight excluding hydrogens is 331 g/mol. The van der Waals surface area contributed by atoms with Crippen LogP contribution in [0, 0.1) is 5.82 Å². The van der Waals surface area contributed by atoms with E-state index < -0.39 is 0 Å². The Kier molecular flexibility index (Phi) is 6.61. The molecule has 1 N–H and O–H groups in total. The van der Waals surface area contributed by atoms with Gasteiger partial charge in [-0.05, 0) is 48.2 Å². The summed E-state index contributed by atoms with van der Waals surface area (Å²) in [5, 5.41) is 2.92. The third-order valence-electron chi connectivity index (χ3n) is 4.60. The molecule has 0 aliphatic carbocycles. The van der Waals surface area contributed by atoms with Gasteiger partial charge in [0.05, 0.1) is 13.2 Å². The number of aryl methyl sites for hydroxylation is 1. The van der Waals surface area contributed by atoms with Gasteiger partial charge in [0, 0.05) is 31.7 Å². The number of hydrogen-bond acceptors (Lipinski definition) is 3. The highest BCUT2D eigenvalue weighted by atomic mass is 19.1. The van der Waals surface area contributed by atoms with Gasteiger partial charge in [-0.3, -0.25) is 4.79 Å². The number of carbonyl (C=O) groups excluding carboxylic acids is 1. The van der Waals surface area contributed by atoms with Crippen LogP contribution in [0.15, 0.2) is 48.5 Å². The summed E-state index contributed by atoms with van der Waals surface area (Å²) in [7, 11) is 0. The van der Waals surface area contributed by atoms with Gasteiger partial charge in [0.2, 0.25) is 5.91 Å². The van der Waals surface area contributed by atoms with Crippen molar-refractivity contribution >= 4 is 11.6 Å². The van der Waals surface area contributed by atoms with E-state index in [1.165, 1.54) is 17.8 Å². The van der Waals surface area contributed by atoms with Crippen molar-refractivity contribution in [3.8, 4) is 0 Å². The standard InChI is InChI=1S/C21H25FN2O2/c22-19-6-1-18(2-7-19)11-12-23-21(25)10-5-17-3-8-20(9-4-17)24-13-15-26-16-14-24/h1-4,6-9H,5,10-16H2,(H,23,25). The van der Waals surface area contributed by atoms with Crippen molar-refractivity contribution in [3.63, 3.8) is 0 Å². The first-order valence-electron chi connectivity index (χ1n) is 9.13. The molecule has 1 fully saturated rings. The van der Waals surface area contributed by atoms with E-state index >= 15 is 0 Å². The highest BCUT2D eigenvalue weighted by Gasteiger charge is 2.11. The zero-order valence-electron chi connectivity index (χ0n) is 14.9. The molecule has 138 valence electrons. The number of halogens is 1. The number of carbonyl (C=O) groups is 1. The third-order valence-corrected chi connectivity index (χ3v) is 4.60. The van der Waals surface area contributed by atoms with Crippen LogP contribution in [0.1, 0.15) is 17.5 Å². The van der Waals surface area contributed by atoms with Crippen LogP contribution in [-0.4, -0.2) is 38.8 Å². The first kappa shape index (κ1) is 18.4. The van der Waals surface area contributed by atoms with Crippen LogP contribution in [0.5, 0.6) is 0 Å². The fraction of sp³-hybridized carbons (Fsp3) is 0.381. The molecule has 26 heavy (non-hydrogen) atoms. The lowest BCUT2D eigenvalue weighted by molar-refractivity contribution is -0.121. The summed E-state index contributed by atoms with van der Waals surface area (Å²) < 4.78 is 18.2. The Labute approximate surface area is 154 Å². The fourth-order valence-electron chi connectivity index (χ4n) is 3.04. The molecule has 2 aromatic rings. The first-order valence-corrected chi connectivity index (χ1v) is 9.13. The van der Waals surface area contributed by atoms with Crippen LogP contribution in [0.25, 0.3) is 0 Å². The zero-order valence-corrected chi connectivity index (χ0v) is 14.9. The predicted octanol–water partition coefficient (Wildman–Crippen LogP) is 2.95. The van der Waals surface area contributed by atoms with Gasteiger partial charge in [-0.25, -0.2) is 4.39 Å². The lowest BCUT2D eigenvalue weighted by atomic mass is 10.1. The number of hydrogen-bond donors (Lipinski definition) is 1. The third kappa shape index (κ3) is 5.56. The second-order valence-corrected chi connectivity index (χ2v) is 6.49. The molecule has 1 aliphatic heterocycles. The quantitative estimate of drug-likeness (QED) is 0.829. The molecule has 1 heterocycles. The SMILES string of the molecule is O=C(CCc1ccc(N2CCOCC2)cc1)NCCc1ccc(F)cc1. The average molecular weight is 356 g/mol. The number of nitrogens with one attached hydrogen (secondary N) is 1. The molecule has 1 aliphatic rings. The number of benzene rings is 2. The Hall–Kier alpha value is -2.40.